The van der Waals surface area contributed by atoms with Gasteiger partial charge in [-0.2, -0.15) is 0 Å². The summed E-state index contributed by atoms with van der Waals surface area (Å²) < 4.78 is 2.28. The zero-order valence-corrected chi connectivity index (χ0v) is 24.9. The molecular weight excluding hydrogens is 557 g/mol. The van der Waals surface area contributed by atoms with Crippen LogP contribution < -0.4 is 0 Å². The summed E-state index contributed by atoms with van der Waals surface area (Å²) in [5.41, 5.74) is 5.20. The second-order valence-corrected chi connectivity index (χ2v) is 12.5. The van der Waals surface area contributed by atoms with Gasteiger partial charge in [-0.05, 0) is 79.4 Å². The Balaban J connectivity index is 1.43. The summed E-state index contributed by atoms with van der Waals surface area (Å²) in [4.78, 5) is 21.8. The molecule has 0 N–H and O–H groups in total. The van der Waals surface area contributed by atoms with Crippen LogP contribution in [0.25, 0.3) is 17.0 Å². The first-order valence-corrected chi connectivity index (χ1v) is 15.4. The number of amidine groups is 1. The maximum Gasteiger partial charge on any atom is 0.267 e. The molecule has 4 nitrogen and oxygen atoms in total. The topological polar surface area (TPSA) is 37.6 Å². The predicted octanol–water partition coefficient (Wildman–Crippen LogP) is 9.49. The summed E-state index contributed by atoms with van der Waals surface area (Å²) in [5, 5.41) is 2.99. The molecule has 2 atom stereocenters. The zero-order valence-electron chi connectivity index (χ0n) is 22.6. The number of aromatic nitrogens is 1. The van der Waals surface area contributed by atoms with Crippen molar-refractivity contribution < 1.29 is 4.79 Å². The standard InChI is InChI=1S/C33H31Cl2N3OS/c1-21-10-6-8-14-29(21)38-32(39)31(40-33(38)36-24-11-4-3-5-12-24)19-26-22(2)37(30-15-9-7-13-25(26)30)20-23-16-17-27(34)28(35)18-23/h3-5,7,9,11-13,15-19,21,29H,6,8,10,14,20H2,1-2H3/b31-19-,36-33?/t21-,29-/m0/s1. The summed E-state index contributed by atoms with van der Waals surface area (Å²) >= 11 is 14.0. The second kappa shape index (κ2) is 11.5. The lowest BCUT2D eigenvalue weighted by Crippen LogP contribution is -2.44. The molecule has 1 amide bonds. The van der Waals surface area contributed by atoms with Crippen molar-refractivity contribution in [2.24, 2.45) is 10.9 Å². The Kier molecular flexibility index (Phi) is 7.80. The van der Waals surface area contributed by atoms with Crippen LogP contribution in [0.15, 0.2) is 82.7 Å². The number of para-hydroxylation sites is 2. The fraction of sp³-hybridized carbons (Fsp3) is 0.273. The number of amides is 1. The molecule has 0 unspecified atom stereocenters. The lowest BCUT2D eigenvalue weighted by Gasteiger charge is -2.35. The van der Waals surface area contributed by atoms with E-state index in [1.54, 1.807) is 0 Å². The molecule has 4 aromatic rings. The van der Waals surface area contributed by atoms with Gasteiger partial charge in [-0.25, -0.2) is 4.99 Å². The first-order chi connectivity index (χ1) is 19.4. The van der Waals surface area contributed by atoms with Gasteiger partial charge in [-0.1, -0.05) is 85.4 Å². The Hall–Kier alpha value is -2.99. The van der Waals surface area contributed by atoms with Crippen molar-refractivity contribution in [3.05, 3.63) is 105 Å². The maximum atomic E-state index is 14.1. The van der Waals surface area contributed by atoms with E-state index in [0.717, 1.165) is 57.8 Å². The smallest absolute Gasteiger partial charge is 0.267 e. The molecule has 1 aromatic heterocycles. The molecule has 1 saturated carbocycles. The number of hydrogen-bond donors (Lipinski definition) is 0. The van der Waals surface area contributed by atoms with Gasteiger partial charge in [-0.3, -0.25) is 9.69 Å². The Morgan fingerprint density at radius 2 is 1.73 bits per heavy atom. The number of benzene rings is 3. The fourth-order valence-corrected chi connectivity index (χ4v) is 7.29. The normalized spacial score (nSPS) is 21.7. The van der Waals surface area contributed by atoms with Crippen LogP contribution in [0.3, 0.4) is 0 Å². The molecular formula is C33H31Cl2N3OS. The average Bonchev–Trinajstić information content (AvgIpc) is 3.40. The highest BCUT2D eigenvalue weighted by molar-refractivity contribution is 8.18. The van der Waals surface area contributed by atoms with Crippen LogP contribution in [0.5, 0.6) is 0 Å². The number of carbonyl (C=O) groups is 1. The van der Waals surface area contributed by atoms with E-state index in [-0.39, 0.29) is 11.9 Å². The first-order valence-electron chi connectivity index (χ1n) is 13.8. The number of carbonyl (C=O) groups excluding carboxylic acids is 1. The van der Waals surface area contributed by atoms with E-state index in [2.05, 4.69) is 48.8 Å². The Bertz CT molecular complexity index is 1640. The number of thioether (sulfide) groups is 1. The number of hydrogen-bond acceptors (Lipinski definition) is 3. The van der Waals surface area contributed by atoms with Crippen LogP contribution in [0, 0.1) is 12.8 Å². The lowest BCUT2D eigenvalue weighted by molar-refractivity contribution is -0.124. The number of aliphatic imine (C=N–C) groups is 1. The quantitative estimate of drug-likeness (QED) is 0.218. The van der Waals surface area contributed by atoms with Crippen molar-refractivity contribution >= 4 is 68.7 Å². The highest BCUT2D eigenvalue weighted by Crippen LogP contribution is 2.41. The largest absolute Gasteiger partial charge is 0.340 e. The van der Waals surface area contributed by atoms with E-state index in [4.69, 9.17) is 28.2 Å². The van der Waals surface area contributed by atoms with E-state index >= 15 is 0 Å². The number of fused-ring (bicyclic) bond motifs is 1. The Labute approximate surface area is 249 Å². The van der Waals surface area contributed by atoms with Gasteiger partial charge in [0.25, 0.3) is 5.91 Å². The summed E-state index contributed by atoms with van der Waals surface area (Å²) in [6, 6.07) is 24.2. The van der Waals surface area contributed by atoms with Crippen LogP contribution in [0.4, 0.5) is 5.69 Å². The van der Waals surface area contributed by atoms with Crippen molar-refractivity contribution in [2.45, 2.75) is 52.1 Å². The zero-order chi connectivity index (χ0) is 27.8. The molecule has 2 fully saturated rings. The third kappa shape index (κ3) is 5.23. The van der Waals surface area contributed by atoms with Crippen molar-refractivity contribution in [3.8, 4) is 0 Å². The minimum atomic E-state index is 0.0548. The molecule has 2 heterocycles. The molecule has 2 aliphatic rings. The van der Waals surface area contributed by atoms with Crippen LogP contribution in [-0.2, 0) is 11.3 Å². The fourth-order valence-electron chi connectivity index (χ4n) is 5.95. The number of halogens is 2. The van der Waals surface area contributed by atoms with Gasteiger partial charge >= 0.3 is 0 Å². The van der Waals surface area contributed by atoms with Gasteiger partial charge in [0.15, 0.2) is 5.17 Å². The van der Waals surface area contributed by atoms with E-state index in [0.29, 0.717) is 27.4 Å². The molecule has 1 aliphatic heterocycles. The first kappa shape index (κ1) is 27.2. The minimum Gasteiger partial charge on any atom is -0.340 e. The van der Waals surface area contributed by atoms with Crippen LogP contribution in [-0.4, -0.2) is 26.6 Å². The van der Waals surface area contributed by atoms with E-state index in [9.17, 15) is 4.79 Å². The number of rotatable bonds is 5. The van der Waals surface area contributed by atoms with E-state index < -0.39 is 0 Å². The van der Waals surface area contributed by atoms with Crippen LogP contribution in [0.1, 0.15) is 49.4 Å². The van der Waals surface area contributed by atoms with E-state index in [1.165, 1.54) is 18.2 Å². The molecule has 3 aromatic carbocycles. The minimum absolute atomic E-state index is 0.0548. The van der Waals surface area contributed by atoms with Gasteiger partial charge in [0.1, 0.15) is 0 Å². The molecule has 1 saturated heterocycles. The van der Waals surface area contributed by atoms with Crippen molar-refractivity contribution in [1.82, 2.24) is 9.47 Å². The molecule has 0 radical (unpaired) electrons. The maximum absolute atomic E-state index is 14.1. The van der Waals surface area contributed by atoms with Gasteiger partial charge in [0.05, 0.1) is 20.6 Å². The lowest BCUT2D eigenvalue weighted by atomic mass is 9.85. The molecule has 0 bridgehead atoms. The molecule has 0 spiro atoms. The number of nitrogens with zero attached hydrogens (tertiary/aromatic N) is 3. The van der Waals surface area contributed by atoms with Crippen LogP contribution in [0.2, 0.25) is 10.0 Å². The van der Waals surface area contributed by atoms with Crippen LogP contribution >= 0.6 is 35.0 Å². The summed E-state index contributed by atoms with van der Waals surface area (Å²) in [7, 11) is 0. The summed E-state index contributed by atoms with van der Waals surface area (Å²) in [6.07, 6.45) is 6.58. The second-order valence-electron chi connectivity index (χ2n) is 10.7. The highest BCUT2D eigenvalue weighted by atomic mass is 35.5. The average molecular weight is 589 g/mol. The van der Waals surface area contributed by atoms with E-state index in [1.807, 2.05) is 53.4 Å². The SMILES string of the molecule is Cc1c(/C=C2\SC(=Nc3ccccc3)N([C@H]3CCCC[C@@H]3C)C2=O)c2ccccc2n1Cc1ccc(Cl)c(Cl)c1. The predicted molar refractivity (Wildman–Crippen MR) is 170 cm³/mol. The summed E-state index contributed by atoms with van der Waals surface area (Å²) in [6.45, 7) is 5.04. The highest BCUT2D eigenvalue weighted by Gasteiger charge is 2.41. The van der Waals surface area contributed by atoms with Gasteiger partial charge < -0.3 is 4.57 Å². The molecule has 1 aliphatic carbocycles. The third-order valence-corrected chi connectivity index (χ3v) is 9.82. The van der Waals surface area contributed by atoms with Crippen molar-refractivity contribution in [1.29, 1.82) is 0 Å². The van der Waals surface area contributed by atoms with Crippen molar-refractivity contribution in [3.63, 3.8) is 0 Å². The van der Waals surface area contributed by atoms with Gasteiger partial charge in [0, 0.05) is 34.7 Å². The molecule has 7 heteroatoms. The molecule has 204 valence electrons. The third-order valence-electron chi connectivity index (χ3n) is 8.10. The molecule has 6 rings (SSSR count). The Morgan fingerprint density at radius 1 is 0.975 bits per heavy atom. The monoisotopic (exact) mass is 587 g/mol. The molecule has 40 heavy (non-hydrogen) atoms. The van der Waals surface area contributed by atoms with Crippen molar-refractivity contribution in [2.75, 3.05) is 0 Å². The summed E-state index contributed by atoms with van der Waals surface area (Å²) in [5.74, 6) is 0.493. The Morgan fingerprint density at radius 3 is 2.50 bits per heavy atom. The van der Waals surface area contributed by atoms with Gasteiger partial charge in [-0.15, -0.1) is 0 Å². The van der Waals surface area contributed by atoms with Gasteiger partial charge in [0.2, 0.25) is 0 Å².